The number of anilines is 2. The Labute approximate surface area is 176 Å². The normalized spacial score (nSPS) is 13.8. The third-order valence-electron chi connectivity index (χ3n) is 4.30. The molecule has 1 aliphatic heterocycles. The van der Waals surface area contributed by atoms with Crippen molar-refractivity contribution >= 4 is 40.0 Å². The van der Waals surface area contributed by atoms with Gasteiger partial charge in [-0.15, -0.1) is 21.5 Å². The molecule has 1 aromatic carbocycles. The summed E-state index contributed by atoms with van der Waals surface area (Å²) in [6, 6.07) is 13.6. The first-order valence-corrected chi connectivity index (χ1v) is 10.9. The van der Waals surface area contributed by atoms with E-state index in [4.69, 9.17) is 10.00 Å². The molecule has 8 nitrogen and oxygen atoms in total. The Hall–Kier alpha value is -2.87. The molecule has 3 aromatic rings. The monoisotopic (exact) mass is 426 g/mol. The Morgan fingerprint density at radius 1 is 1.24 bits per heavy atom. The minimum atomic E-state index is -0.190. The van der Waals surface area contributed by atoms with Gasteiger partial charge in [-0.25, -0.2) is 0 Å². The van der Waals surface area contributed by atoms with E-state index in [1.165, 1.54) is 23.1 Å². The van der Waals surface area contributed by atoms with Gasteiger partial charge in [0.05, 0.1) is 30.2 Å². The lowest BCUT2D eigenvalue weighted by Crippen LogP contribution is -2.37. The van der Waals surface area contributed by atoms with Crippen molar-refractivity contribution in [1.82, 2.24) is 14.8 Å². The van der Waals surface area contributed by atoms with Gasteiger partial charge in [-0.2, -0.15) is 5.26 Å². The molecular weight excluding hydrogens is 408 g/mol. The average molecular weight is 427 g/mol. The minimum absolute atomic E-state index is 0.164. The number of amides is 1. The maximum atomic E-state index is 12.4. The van der Waals surface area contributed by atoms with Crippen LogP contribution in [0.5, 0.6) is 0 Å². The van der Waals surface area contributed by atoms with Crippen LogP contribution in [0.25, 0.3) is 5.69 Å². The van der Waals surface area contributed by atoms with Gasteiger partial charge in [-0.05, 0) is 23.6 Å². The molecule has 0 spiro atoms. The molecule has 1 aliphatic rings. The van der Waals surface area contributed by atoms with Crippen LogP contribution in [0, 0.1) is 11.3 Å². The fraction of sp³-hybridized carbons (Fsp3) is 0.263. The number of rotatable bonds is 6. The summed E-state index contributed by atoms with van der Waals surface area (Å²) in [5.74, 6) is 0.716. The first-order valence-electron chi connectivity index (χ1n) is 9.00. The van der Waals surface area contributed by atoms with Crippen molar-refractivity contribution in [2.24, 2.45) is 0 Å². The Balaban J connectivity index is 1.53. The van der Waals surface area contributed by atoms with Crippen molar-refractivity contribution in [3.05, 3.63) is 47.3 Å². The summed E-state index contributed by atoms with van der Waals surface area (Å²) in [4.78, 5) is 14.5. The number of thiophene rings is 1. The molecule has 0 bridgehead atoms. The highest BCUT2D eigenvalue weighted by atomic mass is 32.2. The average Bonchev–Trinajstić information content (AvgIpc) is 3.40. The summed E-state index contributed by atoms with van der Waals surface area (Å²) in [6.07, 6.45) is 0. The van der Waals surface area contributed by atoms with Crippen molar-refractivity contribution in [3.63, 3.8) is 0 Å². The van der Waals surface area contributed by atoms with Crippen LogP contribution < -0.4 is 10.2 Å². The molecule has 0 unspecified atom stereocenters. The van der Waals surface area contributed by atoms with Gasteiger partial charge in [0.25, 0.3) is 0 Å². The number of hydrogen-bond acceptors (Lipinski definition) is 8. The second kappa shape index (κ2) is 9.09. The van der Waals surface area contributed by atoms with Crippen molar-refractivity contribution in [2.45, 2.75) is 5.16 Å². The van der Waals surface area contributed by atoms with E-state index in [-0.39, 0.29) is 11.7 Å². The molecule has 1 fully saturated rings. The molecule has 0 radical (unpaired) electrons. The number of carbonyl (C=O) groups is 1. The van der Waals surface area contributed by atoms with E-state index < -0.39 is 0 Å². The van der Waals surface area contributed by atoms with Crippen LogP contribution in [0.1, 0.15) is 5.56 Å². The number of ether oxygens (including phenoxy) is 1. The Kier molecular flexibility index (Phi) is 6.09. The number of thioether (sulfide) groups is 1. The maximum absolute atomic E-state index is 12.4. The van der Waals surface area contributed by atoms with Crippen LogP contribution in [0.2, 0.25) is 0 Å². The number of carbonyl (C=O) groups excluding carboxylic acids is 1. The smallest absolute Gasteiger partial charge is 0.235 e. The molecule has 3 heterocycles. The first kappa shape index (κ1) is 19.4. The van der Waals surface area contributed by atoms with Crippen LogP contribution in [0.15, 0.2) is 46.9 Å². The van der Waals surface area contributed by atoms with E-state index in [0.29, 0.717) is 28.9 Å². The molecule has 10 heteroatoms. The molecule has 0 saturated carbocycles. The van der Waals surface area contributed by atoms with Gasteiger partial charge in [0.2, 0.25) is 11.9 Å². The van der Waals surface area contributed by atoms with E-state index in [1.54, 1.807) is 11.4 Å². The van der Waals surface area contributed by atoms with Crippen LogP contribution in [0.4, 0.5) is 10.9 Å². The van der Waals surface area contributed by atoms with Crippen molar-refractivity contribution in [1.29, 1.82) is 5.26 Å². The lowest BCUT2D eigenvalue weighted by molar-refractivity contribution is -0.113. The molecule has 1 saturated heterocycles. The molecule has 29 heavy (non-hydrogen) atoms. The van der Waals surface area contributed by atoms with E-state index in [0.717, 1.165) is 24.7 Å². The number of nitriles is 1. The second-order valence-corrected chi connectivity index (χ2v) is 8.02. The number of aromatic nitrogens is 3. The first-order chi connectivity index (χ1) is 14.3. The van der Waals surface area contributed by atoms with E-state index >= 15 is 0 Å². The quantitative estimate of drug-likeness (QED) is 0.606. The fourth-order valence-electron chi connectivity index (χ4n) is 2.91. The number of para-hydroxylation sites is 1. The zero-order chi connectivity index (χ0) is 20.1. The van der Waals surface area contributed by atoms with E-state index in [1.807, 2.05) is 34.9 Å². The second-order valence-electron chi connectivity index (χ2n) is 6.17. The number of nitrogens with one attached hydrogen (secondary N) is 1. The Morgan fingerprint density at radius 3 is 2.79 bits per heavy atom. The zero-order valence-corrected chi connectivity index (χ0v) is 17.1. The van der Waals surface area contributed by atoms with E-state index in [2.05, 4.69) is 26.5 Å². The lowest BCUT2D eigenvalue weighted by Gasteiger charge is -2.27. The number of morpholine rings is 1. The summed E-state index contributed by atoms with van der Waals surface area (Å²) >= 11 is 2.64. The summed E-state index contributed by atoms with van der Waals surface area (Å²) in [5.41, 5.74) is 1.40. The van der Waals surface area contributed by atoms with Crippen molar-refractivity contribution < 1.29 is 9.53 Å². The highest BCUT2D eigenvalue weighted by Crippen LogP contribution is 2.28. The van der Waals surface area contributed by atoms with Crippen molar-refractivity contribution in [2.75, 3.05) is 42.3 Å². The SMILES string of the molecule is N#Cc1ccsc1NC(=O)CSc1nnc(N2CCOCC2)n1-c1ccccc1. The summed E-state index contributed by atoms with van der Waals surface area (Å²) in [7, 11) is 0. The third kappa shape index (κ3) is 4.42. The van der Waals surface area contributed by atoms with Gasteiger partial charge in [-0.3, -0.25) is 9.36 Å². The minimum Gasteiger partial charge on any atom is -0.378 e. The third-order valence-corrected chi connectivity index (χ3v) is 6.05. The van der Waals surface area contributed by atoms with Gasteiger partial charge in [0.15, 0.2) is 5.16 Å². The zero-order valence-electron chi connectivity index (χ0n) is 15.4. The predicted octanol–water partition coefficient (Wildman–Crippen LogP) is 2.77. The van der Waals surface area contributed by atoms with Gasteiger partial charge in [0, 0.05) is 13.1 Å². The molecule has 0 atom stereocenters. The van der Waals surface area contributed by atoms with Gasteiger partial charge in [-0.1, -0.05) is 30.0 Å². The lowest BCUT2D eigenvalue weighted by atomic mass is 10.3. The van der Waals surface area contributed by atoms with Gasteiger partial charge in [0.1, 0.15) is 11.1 Å². The molecule has 148 valence electrons. The maximum Gasteiger partial charge on any atom is 0.235 e. The fourth-order valence-corrected chi connectivity index (χ4v) is 4.41. The Morgan fingerprint density at radius 2 is 2.03 bits per heavy atom. The van der Waals surface area contributed by atoms with Gasteiger partial charge < -0.3 is 15.0 Å². The molecule has 2 aromatic heterocycles. The highest BCUT2D eigenvalue weighted by molar-refractivity contribution is 7.99. The standard InChI is InChI=1S/C19H18N6O2S2/c20-12-14-6-11-28-17(14)21-16(26)13-29-19-23-22-18(24-7-9-27-10-8-24)25(19)15-4-2-1-3-5-15/h1-6,11H,7-10,13H2,(H,21,26). The molecule has 1 N–H and O–H groups in total. The molecule has 1 amide bonds. The molecular formula is C19H18N6O2S2. The summed E-state index contributed by atoms with van der Waals surface area (Å²) < 4.78 is 7.41. The number of hydrogen-bond donors (Lipinski definition) is 1. The molecule has 0 aliphatic carbocycles. The number of nitrogens with zero attached hydrogens (tertiary/aromatic N) is 5. The van der Waals surface area contributed by atoms with Crippen LogP contribution in [0.3, 0.4) is 0 Å². The summed E-state index contributed by atoms with van der Waals surface area (Å²) in [6.45, 7) is 2.78. The van der Waals surface area contributed by atoms with Gasteiger partial charge >= 0.3 is 0 Å². The van der Waals surface area contributed by atoms with E-state index in [9.17, 15) is 4.79 Å². The van der Waals surface area contributed by atoms with Crippen LogP contribution in [-0.2, 0) is 9.53 Å². The number of benzene rings is 1. The Bertz CT molecular complexity index is 1020. The van der Waals surface area contributed by atoms with Crippen LogP contribution in [-0.4, -0.2) is 52.7 Å². The van der Waals surface area contributed by atoms with Crippen LogP contribution >= 0.6 is 23.1 Å². The molecule has 4 rings (SSSR count). The summed E-state index contributed by atoms with van der Waals surface area (Å²) in [5, 5.41) is 23.6. The topological polar surface area (TPSA) is 96.1 Å². The predicted molar refractivity (Wildman–Crippen MR) is 113 cm³/mol. The highest BCUT2D eigenvalue weighted by Gasteiger charge is 2.22. The largest absolute Gasteiger partial charge is 0.378 e. The van der Waals surface area contributed by atoms with Crippen molar-refractivity contribution in [3.8, 4) is 11.8 Å².